The fourth-order valence-electron chi connectivity index (χ4n) is 4.54. The van der Waals surface area contributed by atoms with E-state index in [1.807, 2.05) is 21.9 Å². The summed E-state index contributed by atoms with van der Waals surface area (Å²) in [5.41, 5.74) is 0.369. The number of nitrogens with one attached hydrogen (secondary N) is 2. The van der Waals surface area contributed by atoms with Gasteiger partial charge < -0.3 is 10.6 Å². The van der Waals surface area contributed by atoms with Gasteiger partial charge in [-0.15, -0.1) is 23.7 Å². The lowest BCUT2D eigenvalue weighted by molar-refractivity contribution is -0.122. The molecule has 2 aliphatic rings. The fraction of sp³-hybridized carbons (Fsp3) is 0.526. The van der Waals surface area contributed by atoms with Gasteiger partial charge in [0.25, 0.3) is 5.56 Å². The van der Waals surface area contributed by atoms with Crippen LogP contribution in [0.2, 0.25) is 0 Å². The number of hydrogen-bond donors (Lipinski definition) is 2. The Morgan fingerprint density at radius 1 is 1.43 bits per heavy atom. The first-order valence-electron chi connectivity index (χ1n) is 9.53. The molecule has 1 amide bonds. The maximum absolute atomic E-state index is 13.0. The summed E-state index contributed by atoms with van der Waals surface area (Å²) in [6.07, 6.45) is 2.16. The zero-order chi connectivity index (χ0) is 18.7. The third-order valence-electron chi connectivity index (χ3n) is 5.80. The highest BCUT2D eigenvalue weighted by Gasteiger charge is 2.40. The van der Waals surface area contributed by atoms with Crippen LogP contribution in [0.4, 0.5) is 0 Å². The molecule has 5 rings (SSSR count). The SMILES string of the molecule is CC(C)c1nn(CC(=O)NC2C[C@@H]3CN[C@H]2C3)c(=O)c2cc3ccsc3n12.Cl. The van der Waals surface area contributed by atoms with E-state index < -0.39 is 0 Å². The molecule has 28 heavy (non-hydrogen) atoms. The lowest BCUT2D eigenvalue weighted by Gasteiger charge is -2.24. The van der Waals surface area contributed by atoms with Crippen LogP contribution in [0.1, 0.15) is 38.4 Å². The van der Waals surface area contributed by atoms with Crippen molar-refractivity contribution >= 4 is 45.4 Å². The largest absolute Gasteiger partial charge is 0.350 e. The minimum Gasteiger partial charge on any atom is -0.350 e. The number of rotatable bonds is 4. The molecule has 1 unspecified atom stereocenters. The monoisotopic (exact) mass is 421 g/mol. The van der Waals surface area contributed by atoms with Gasteiger partial charge in [-0.3, -0.25) is 14.0 Å². The van der Waals surface area contributed by atoms with Crippen molar-refractivity contribution < 1.29 is 4.79 Å². The summed E-state index contributed by atoms with van der Waals surface area (Å²) >= 11 is 1.60. The Morgan fingerprint density at radius 3 is 2.93 bits per heavy atom. The lowest BCUT2D eigenvalue weighted by atomic mass is 10.1. The first-order chi connectivity index (χ1) is 13.0. The van der Waals surface area contributed by atoms with Gasteiger partial charge in [0.05, 0.1) is 0 Å². The molecule has 1 saturated carbocycles. The molecule has 7 nitrogen and oxygen atoms in total. The average molecular weight is 422 g/mol. The highest BCUT2D eigenvalue weighted by atomic mass is 35.5. The van der Waals surface area contributed by atoms with E-state index in [9.17, 15) is 9.59 Å². The number of amides is 1. The Hall–Kier alpha value is -1.90. The summed E-state index contributed by atoms with van der Waals surface area (Å²) in [7, 11) is 0. The number of carbonyl (C=O) groups is 1. The maximum Gasteiger partial charge on any atom is 0.291 e. The molecule has 2 N–H and O–H groups in total. The quantitative estimate of drug-likeness (QED) is 0.676. The van der Waals surface area contributed by atoms with Crippen LogP contribution < -0.4 is 16.2 Å². The Kier molecular flexibility index (Phi) is 4.97. The van der Waals surface area contributed by atoms with E-state index >= 15 is 0 Å². The normalized spacial score (nSPS) is 23.6. The second kappa shape index (κ2) is 7.17. The Balaban J connectivity index is 0.00000192. The number of piperidine rings is 1. The van der Waals surface area contributed by atoms with Crippen molar-refractivity contribution in [2.45, 2.75) is 51.2 Å². The first kappa shape index (κ1) is 19.4. The van der Waals surface area contributed by atoms with Crippen LogP contribution in [0, 0.1) is 5.92 Å². The minimum atomic E-state index is -0.219. The summed E-state index contributed by atoms with van der Waals surface area (Å²) in [4.78, 5) is 26.6. The van der Waals surface area contributed by atoms with Crippen molar-refractivity contribution in [3.63, 3.8) is 0 Å². The molecule has 3 atom stereocenters. The summed E-state index contributed by atoms with van der Waals surface area (Å²) in [5, 5.41) is 14.2. The van der Waals surface area contributed by atoms with E-state index in [1.54, 1.807) is 11.3 Å². The van der Waals surface area contributed by atoms with E-state index in [0.717, 1.165) is 35.4 Å². The Bertz CT molecular complexity index is 1100. The van der Waals surface area contributed by atoms with Gasteiger partial charge in [-0.25, -0.2) is 4.68 Å². The fourth-order valence-corrected chi connectivity index (χ4v) is 5.44. The molecule has 150 valence electrons. The highest BCUT2D eigenvalue weighted by Crippen LogP contribution is 2.31. The number of carbonyl (C=O) groups excluding carboxylic acids is 1. The highest BCUT2D eigenvalue weighted by molar-refractivity contribution is 7.16. The van der Waals surface area contributed by atoms with Crippen molar-refractivity contribution in [1.29, 1.82) is 0 Å². The smallest absolute Gasteiger partial charge is 0.291 e. The van der Waals surface area contributed by atoms with Gasteiger partial charge in [-0.2, -0.15) is 5.10 Å². The van der Waals surface area contributed by atoms with Gasteiger partial charge in [-0.05, 0) is 42.8 Å². The summed E-state index contributed by atoms with van der Waals surface area (Å²) in [6.45, 7) is 5.12. The second-order valence-electron chi connectivity index (χ2n) is 8.05. The summed E-state index contributed by atoms with van der Waals surface area (Å²) < 4.78 is 3.27. The number of halogens is 1. The molecular weight excluding hydrogens is 398 g/mol. The van der Waals surface area contributed by atoms with E-state index in [1.165, 1.54) is 4.68 Å². The van der Waals surface area contributed by atoms with Gasteiger partial charge in [0.1, 0.15) is 22.7 Å². The second-order valence-corrected chi connectivity index (χ2v) is 8.94. The van der Waals surface area contributed by atoms with Gasteiger partial charge >= 0.3 is 0 Å². The molecule has 3 aromatic rings. The number of nitrogens with zero attached hydrogens (tertiary/aromatic N) is 3. The van der Waals surface area contributed by atoms with E-state index in [4.69, 9.17) is 0 Å². The van der Waals surface area contributed by atoms with Crippen molar-refractivity contribution in [2.24, 2.45) is 5.92 Å². The summed E-state index contributed by atoms with van der Waals surface area (Å²) in [5.74, 6) is 1.46. The zero-order valence-electron chi connectivity index (χ0n) is 15.8. The summed E-state index contributed by atoms with van der Waals surface area (Å²) in [6, 6.07) is 4.44. The van der Waals surface area contributed by atoms with Crippen LogP contribution in [-0.2, 0) is 11.3 Å². The van der Waals surface area contributed by atoms with Gasteiger partial charge in [-0.1, -0.05) is 13.8 Å². The van der Waals surface area contributed by atoms with E-state index in [2.05, 4.69) is 29.6 Å². The Morgan fingerprint density at radius 2 is 2.25 bits per heavy atom. The number of aromatic nitrogens is 3. The van der Waals surface area contributed by atoms with Crippen LogP contribution in [0.25, 0.3) is 15.7 Å². The van der Waals surface area contributed by atoms with Crippen molar-refractivity contribution in [3.05, 3.63) is 33.7 Å². The minimum absolute atomic E-state index is 0. The van der Waals surface area contributed by atoms with Gasteiger partial charge in [0, 0.05) is 23.4 Å². The molecule has 0 radical (unpaired) electrons. The first-order valence-corrected chi connectivity index (χ1v) is 10.4. The maximum atomic E-state index is 13.0. The lowest BCUT2D eigenvalue weighted by Crippen LogP contribution is -2.49. The standard InChI is InChI=1S/C19H23N5O2S.ClH/c1-10(2)17-22-23(9-16(25)21-14-6-11-5-13(14)20-8-11)18(26)15-7-12-3-4-27-19(12)24(15)17;/h3-4,7,10-11,13-14,20H,5-6,8-9H2,1-2H3,(H,21,25);1H/t11-,13+,14?;/m1./s1. The van der Waals surface area contributed by atoms with Crippen molar-refractivity contribution in [3.8, 4) is 0 Å². The van der Waals surface area contributed by atoms with E-state index in [0.29, 0.717) is 17.5 Å². The molecule has 3 aromatic heterocycles. The zero-order valence-corrected chi connectivity index (χ0v) is 17.5. The van der Waals surface area contributed by atoms with Crippen molar-refractivity contribution in [2.75, 3.05) is 6.54 Å². The number of fused-ring (bicyclic) bond motifs is 5. The molecule has 4 heterocycles. The topological polar surface area (TPSA) is 80.4 Å². The predicted molar refractivity (Wildman–Crippen MR) is 113 cm³/mol. The van der Waals surface area contributed by atoms with Gasteiger partial charge in [0.15, 0.2) is 0 Å². The van der Waals surface area contributed by atoms with Crippen LogP contribution in [0.15, 0.2) is 22.3 Å². The molecule has 1 aliphatic heterocycles. The van der Waals surface area contributed by atoms with Crippen molar-refractivity contribution in [1.82, 2.24) is 24.8 Å². The third-order valence-corrected chi connectivity index (χ3v) is 6.72. The van der Waals surface area contributed by atoms with Crippen LogP contribution in [0.5, 0.6) is 0 Å². The predicted octanol–water partition coefficient (Wildman–Crippen LogP) is 2.12. The van der Waals surface area contributed by atoms with Crippen LogP contribution in [-0.4, -0.2) is 38.7 Å². The molecule has 1 aliphatic carbocycles. The molecule has 2 bridgehead atoms. The van der Waals surface area contributed by atoms with Gasteiger partial charge in [0.2, 0.25) is 5.91 Å². The average Bonchev–Trinajstić information content (AvgIpc) is 3.37. The molecular formula is C19H24ClN5O2S. The molecule has 2 fully saturated rings. The number of hydrogen-bond acceptors (Lipinski definition) is 5. The number of thiophene rings is 1. The van der Waals surface area contributed by atoms with Crippen LogP contribution in [0.3, 0.4) is 0 Å². The molecule has 0 spiro atoms. The molecule has 9 heteroatoms. The Labute approximate surface area is 172 Å². The third kappa shape index (κ3) is 3.03. The van der Waals surface area contributed by atoms with Crippen LogP contribution >= 0.6 is 23.7 Å². The van der Waals surface area contributed by atoms with E-state index in [-0.39, 0.29) is 42.4 Å². The molecule has 0 aromatic carbocycles. The molecule has 1 saturated heterocycles.